The van der Waals surface area contributed by atoms with Gasteiger partial charge in [0.1, 0.15) is 0 Å². The van der Waals surface area contributed by atoms with Gasteiger partial charge in [-0.1, -0.05) is 30.3 Å². The molecule has 0 bridgehead atoms. The quantitative estimate of drug-likeness (QED) is 0.455. The molecule has 0 aliphatic rings. The summed E-state index contributed by atoms with van der Waals surface area (Å²) in [7, 11) is 0. The highest BCUT2D eigenvalue weighted by Gasteiger charge is 2.14. The fraction of sp³-hybridized carbons (Fsp3) is 0.217. The summed E-state index contributed by atoms with van der Waals surface area (Å²) in [5, 5.41) is 8.10. The third-order valence-corrected chi connectivity index (χ3v) is 5.68. The molecule has 0 radical (unpaired) electrons. The van der Waals surface area contributed by atoms with Crippen molar-refractivity contribution in [3.8, 4) is 5.69 Å². The molecule has 7 nitrogen and oxygen atoms in total. The summed E-state index contributed by atoms with van der Waals surface area (Å²) in [4.78, 5) is 28.2. The van der Waals surface area contributed by atoms with Gasteiger partial charge in [0.2, 0.25) is 5.91 Å². The van der Waals surface area contributed by atoms with Crippen molar-refractivity contribution >= 4 is 29.0 Å². The van der Waals surface area contributed by atoms with Crippen LogP contribution in [0.25, 0.3) is 16.6 Å². The summed E-state index contributed by atoms with van der Waals surface area (Å²) in [5.74, 6) is -0.152. The van der Waals surface area contributed by atoms with E-state index in [4.69, 9.17) is 12.2 Å². The number of nitrogens with zero attached hydrogens (tertiary/aromatic N) is 3. The minimum absolute atomic E-state index is 0.152. The number of aromatic nitrogens is 4. The SMILES string of the molecule is Cc1nn(-c2ccccc2)c(C)c1CNC(=O)CCn1c(=S)[nH]c2ccccc2c1=O. The summed E-state index contributed by atoms with van der Waals surface area (Å²) in [6, 6.07) is 17.1. The van der Waals surface area contributed by atoms with Crippen LogP contribution in [0.15, 0.2) is 59.4 Å². The number of para-hydroxylation sites is 2. The molecule has 2 aromatic heterocycles. The van der Waals surface area contributed by atoms with E-state index in [2.05, 4.69) is 15.4 Å². The van der Waals surface area contributed by atoms with E-state index in [1.807, 2.05) is 61.0 Å². The van der Waals surface area contributed by atoms with Gasteiger partial charge in [-0.2, -0.15) is 5.10 Å². The second-order valence-electron chi connectivity index (χ2n) is 7.36. The molecule has 0 atom stereocenters. The first-order valence-electron chi connectivity index (χ1n) is 10.0. The van der Waals surface area contributed by atoms with E-state index in [0.29, 0.717) is 22.2 Å². The van der Waals surface area contributed by atoms with Gasteiger partial charge < -0.3 is 10.3 Å². The monoisotopic (exact) mass is 433 g/mol. The molecule has 4 aromatic rings. The van der Waals surface area contributed by atoms with Crippen molar-refractivity contribution < 1.29 is 4.79 Å². The smallest absolute Gasteiger partial charge is 0.262 e. The van der Waals surface area contributed by atoms with Crippen LogP contribution in [0.3, 0.4) is 0 Å². The van der Waals surface area contributed by atoms with E-state index >= 15 is 0 Å². The van der Waals surface area contributed by atoms with Crippen LogP contribution in [0, 0.1) is 18.6 Å². The van der Waals surface area contributed by atoms with E-state index in [0.717, 1.165) is 22.6 Å². The molecule has 0 saturated heterocycles. The Morgan fingerprint density at radius 2 is 1.81 bits per heavy atom. The number of hydrogen-bond donors (Lipinski definition) is 2. The topological polar surface area (TPSA) is 84.7 Å². The van der Waals surface area contributed by atoms with Crippen LogP contribution < -0.4 is 10.9 Å². The molecular formula is C23H23N5O2S. The van der Waals surface area contributed by atoms with Gasteiger partial charge in [-0.25, -0.2) is 4.68 Å². The third-order valence-electron chi connectivity index (χ3n) is 5.36. The lowest BCUT2D eigenvalue weighted by Crippen LogP contribution is -2.28. The van der Waals surface area contributed by atoms with Gasteiger partial charge in [-0.05, 0) is 50.3 Å². The number of carbonyl (C=O) groups excluding carboxylic acids is 1. The Labute approximate surface area is 184 Å². The first-order chi connectivity index (χ1) is 15.0. The van der Waals surface area contributed by atoms with Gasteiger partial charge in [0, 0.05) is 30.8 Å². The second-order valence-corrected chi connectivity index (χ2v) is 7.74. The van der Waals surface area contributed by atoms with Crippen molar-refractivity contribution in [1.82, 2.24) is 24.6 Å². The molecule has 2 heterocycles. The first kappa shape index (κ1) is 20.7. The largest absolute Gasteiger partial charge is 0.352 e. The normalized spacial score (nSPS) is 11.0. The molecule has 4 rings (SSSR count). The van der Waals surface area contributed by atoms with Crippen LogP contribution in [0.2, 0.25) is 0 Å². The highest BCUT2D eigenvalue weighted by molar-refractivity contribution is 7.71. The van der Waals surface area contributed by atoms with Crippen molar-refractivity contribution in [3.63, 3.8) is 0 Å². The fourth-order valence-electron chi connectivity index (χ4n) is 3.64. The molecule has 0 aliphatic heterocycles. The summed E-state index contributed by atoms with van der Waals surface area (Å²) >= 11 is 5.31. The Bertz CT molecular complexity index is 1370. The predicted molar refractivity (Wildman–Crippen MR) is 123 cm³/mol. The zero-order valence-corrected chi connectivity index (χ0v) is 18.2. The molecular weight excluding hydrogens is 410 g/mol. The number of benzene rings is 2. The Hall–Kier alpha value is -3.52. The first-order valence-corrected chi connectivity index (χ1v) is 10.5. The molecule has 31 heavy (non-hydrogen) atoms. The Morgan fingerprint density at radius 1 is 1.10 bits per heavy atom. The van der Waals surface area contributed by atoms with Crippen LogP contribution >= 0.6 is 12.2 Å². The number of H-pyrrole nitrogens is 1. The van der Waals surface area contributed by atoms with Crippen molar-refractivity contribution in [1.29, 1.82) is 0 Å². The van der Waals surface area contributed by atoms with Crippen LogP contribution in [-0.4, -0.2) is 25.2 Å². The number of rotatable bonds is 6. The average molecular weight is 434 g/mol. The number of fused-ring (bicyclic) bond motifs is 1. The van der Waals surface area contributed by atoms with Gasteiger partial charge in [0.15, 0.2) is 4.77 Å². The average Bonchev–Trinajstić information content (AvgIpc) is 3.06. The summed E-state index contributed by atoms with van der Waals surface area (Å²) < 4.78 is 3.62. The van der Waals surface area contributed by atoms with Crippen LogP contribution in [0.1, 0.15) is 23.4 Å². The van der Waals surface area contributed by atoms with E-state index in [1.165, 1.54) is 4.57 Å². The summed E-state index contributed by atoms with van der Waals surface area (Å²) in [6.45, 7) is 4.51. The molecule has 2 aromatic carbocycles. The zero-order valence-electron chi connectivity index (χ0n) is 17.4. The third kappa shape index (κ3) is 4.20. The van der Waals surface area contributed by atoms with Crippen molar-refractivity contribution in [3.05, 3.63) is 86.7 Å². The second kappa shape index (κ2) is 8.69. The fourth-order valence-corrected chi connectivity index (χ4v) is 3.93. The molecule has 8 heteroatoms. The highest BCUT2D eigenvalue weighted by Crippen LogP contribution is 2.17. The minimum Gasteiger partial charge on any atom is -0.352 e. The standard InChI is InChI=1S/C23H23N5O2S/c1-15-19(16(2)28(26-15)17-8-4-3-5-9-17)14-24-21(29)12-13-27-22(30)18-10-6-7-11-20(18)25-23(27)31/h3-11H,12-14H2,1-2H3,(H,24,29)(H,25,31). The molecule has 1 amide bonds. The van der Waals surface area contributed by atoms with E-state index in [9.17, 15) is 9.59 Å². The van der Waals surface area contributed by atoms with Gasteiger partial charge >= 0.3 is 0 Å². The van der Waals surface area contributed by atoms with E-state index < -0.39 is 0 Å². The molecule has 0 fully saturated rings. The molecule has 2 N–H and O–H groups in total. The zero-order chi connectivity index (χ0) is 22.0. The molecule has 0 aliphatic carbocycles. The lowest BCUT2D eigenvalue weighted by atomic mass is 10.2. The van der Waals surface area contributed by atoms with Crippen LogP contribution in [0.5, 0.6) is 0 Å². The molecule has 0 unspecified atom stereocenters. The molecule has 0 spiro atoms. The maximum Gasteiger partial charge on any atom is 0.262 e. The van der Waals surface area contributed by atoms with Crippen molar-refractivity contribution in [2.24, 2.45) is 0 Å². The van der Waals surface area contributed by atoms with Gasteiger partial charge in [0.05, 0.1) is 22.3 Å². The van der Waals surface area contributed by atoms with E-state index in [1.54, 1.807) is 12.1 Å². The maximum atomic E-state index is 12.7. The Balaban J connectivity index is 1.44. The summed E-state index contributed by atoms with van der Waals surface area (Å²) in [6.07, 6.45) is 0.153. The van der Waals surface area contributed by atoms with Crippen LogP contribution in [0.4, 0.5) is 0 Å². The number of hydrogen-bond acceptors (Lipinski definition) is 4. The minimum atomic E-state index is -0.192. The van der Waals surface area contributed by atoms with Gasteiger partial charge in [-0.15, -0.1) is 0 Å². The number of nitrogens with one attached hydrogen (secondary N) is 2. The van der Waals surface area contributed by atoms with E-state index in [-0.39, 0.29) is 24.4 Å². The highest BCUT2D eigenvalue weighted by atomic mass is 32.1. The van der Waals surface area contributed by atoms with Crippen molar-refractivity contribution in [2.45, 2.75) is 33.4 Å². The summed E-state index contributed by atoms with van der Waals surface area (Å²) in [5.41, 5.74) is 4.32. The predicted octanol–water partition coefficient (Wildman–Crippen LogP) is 3.57. The lowest BCUT2D eigenvalue weighted by molar-refractivity contribution is -0.121. The molecule has 0 saturated carbocycles. The lowest BCUT2D eigenvalue weighted by Gasteiger charge is -2.09. The number of carbonyl (C=O) groups is 1. The molecule has 158 valence electrons. The Kier molecular flexibility index (Phi) is 5.81. The van der Waals surface area contributed by atoms with Gasteiger partial charge in [-0.3, -0.25) is 14.2 Å². The number of aromatic amines is 1. The van der Waals surface area contributed by atoms with Gasteiger partial charge in [0.25, 0.3) is 5.56 Å². The Morgan fingerprint density at radius 3 is 2.58 bits per heavy atom. The van der Waals surface area contributed by atoms with Crippen LogP contribution in [-0.2, 0) is 17.9 Å². The van der Waals surface area contributed by atoms with Crippen molar-refractivity contribution in [2.75, 3.05) is 0 Å². The number of amides is 1. The number of aryl methyl sites for hydroxylation is 1. The maximum absolute atomic E-state index is 12.7.